The van der Waals surface area contributed by atoms with Crippen LogP contribution in [-0.2, 0) is 11.2 Å². The van der Waals surface area contributed by atoms with Crippen LogP contribution < -0.4 is 5.73 Å². The third kappa shape index (κ3) is 4.57. The molecule has 1 aromatic rings. The normalized spacial score (nSPS) is 24.9. The summed E-state index contributed by atoms with van der Waals surface area (Å²) in [6, 6.07) is 0.531. The minimum Gasteiger partial charge on any atom is -0.481 e. The molecule has 3 N–H and O–H groups in total. The van der Waals surface area contributed by atoms with E-state index in [1.807, 2.05) is 19.4 Å². The lowest BCUT2D eigenvalue weighted by molar-refractivity contribution is -0.142. The lowest BCUT2D eigenvalue weighted by atomic mass is 9.87. The predicted molar refractivity (Wildman–Crippen MR) is 86.6 cm³/mol. The van der Waals surface area contributed by atoms with Crippen LogP contribution in [0.5, 0.6) is 0 Å². The highest BCUT2D eigenvalue weighted by molar-refractivity contribution is 5.70. The Bertz CT molecular complexity index is 478. The number of carbonyl (C=O) groups is 1. The van der Waals surface area contributed by atoms with Crippen LogP contribution in [0.15, 0.2) is 12.5 Å². The van der Waals surface area contributed by atoms with Crippen molar-refractivity contribution in [1.82, 2.24) is 9.55 Å². The minimum atomic E-state index is -0.749. The number of imidazole rings is 1. The number of hydrogen-bond donors (Lipinski definition) is 2. The van der Waals surface area contributed by atoms with E-state index in [1.165, 1.54) is 25.7 Å². The lowest BCUT2D eigenvalue weighted by Gasteiger charge is -2.26. The monoisotopic (exact) mass is 307 g/mol. The molecule has 1 fully saturated rings. The number of carboxylic acid groups (broad SMARTS) is 1. The molecule has 2 rings (SSSR count). The topological polar surface area (TPSA) is 81.1 Å². The van der Waals surface area contributed by atoms with E-state index in [0.717, 1.165) is 11.6 Å². The second-order valence-corrected chi connectivity index (χ2v) is 7.04. The summed E-state index contributed by atoms with van der Waals surface area (Å²) in [5, 5.41) is 9.39. The van der Waals surface area contributed by atoms with E-state index in [9.17, 15) is 9.90 Å². The van der Waals surface area contributed by atoms with Gasteiger partial charge in [-0.15, -0.1) is 0 Å². The van der Waals surface area contributed by atoms with Crippen LogP contribution >= 0.6 is 0 Å². The van der Waals surface area contributed by atoms with E-state index in [1.54, 1.807) is 0 Å². The van der Waals surface area contributed by atoms with Gasteiger partial charge in [-0.1, -0.05) is 13.8 Å². The Balaban J connectivity index is 1.96. The number of hydrogen-bond acceptors (Lipinski definition) is 3. The molecule has 0 amide bonds. The number of nitrogens with zero attached hydrogens (tertiary/aromatic N) is 2. The fraction of sp³-hybridized carbons (Fsp3) is 0.765. The molecule has 22 heavy (non-hydrogen) atoms. The first-order valence-corrected chi connectivity index (χ1v) is 8.44. The van der Waals surface area contributed by atoms with Crippen LogP contribution in [0.3, 0.4) is 0 Å². The molecule has 0 aliphatic heterocycles. The molecule has 0 aromatic carbocycles. The Kier molecular flexibility index (Phi) is 6.00. The zero-order valence-corrected chi connectivity index (χ0v) is 13.7. The molecule has 0 saturated heterocycles. The first kappa shape index (κ1) is 17.0. The van der Waals surface area contributed by atoms with E-state index in [-0.39, 0.29) is 5.92 Å². The van der Waals surface area contributed by atoms with Crippen LogP contribution in [0.1, 0.15) is 57.7 Å². The molecule has 0 radical (unpaired) electrons. The molecule has 124 valence electrons. The quantitative estimate of drug-likeness (QED) is 0.811. The highest BCUT2D eigenvalue weighted by atomic mass is 16.4. The number of rotatable bonds is 7. The molecule has 1 heterocycles. The van der Waals surface area contributed by atoms with Crippen LogP contribution in [0.4, 0.5) is 0 Å². The summed E-state index contributed by atoms with van der Waals surface area (Å²) < 4.78 is 2.19. The van der Waals surface area contributed by atoms with Crippen molar-refractivity contribution in [1.29, 1.82) is 0 Å². The van der Waals surface area contributed by atoms with Gasteiger partial charge >= 0.3 is 5.97 Å². The van der Waals surface area contributed by atoms with E-state index < -0.39 is 11.9 Å². The van der Waals surface area contributed by atoms with Gasteiger partial charge < -0.3 is 15.4 Å². The molecule has 2 atom stereocenters. The van der Waals surface area contributed by atoms with Crippen LogP contribution in [0, 0.1) is 17.8 Å². The number of carboxylic acids is 1. The van der Waals surface area contributed by atoms with Gasteiger partial charge in [0.25, 0.3) is 0 Å². The zero-order valence-electron chi connectivity index (χ0n) is 13.7. The van der Waals surface area contributed by atoms with Gasteiger partial charge in [0.2, 0.25) is 0 Å². The first-order valence-electron chi connectivity index (χ1n) is 8.44. The van der Waals surface area contributed by atoms with Crippen molar-refractivity contribution in [2.45, 2.75) is 58.4 Å². The summed E-state index contributed by atoms with van der Waals surface area (Å²) in [5.41, 5.74) is 6.50. The van der Waals surface area contributed by atoms with Crippen molar-refractivity contribution in [2.75, 3.05) is 6.54 Å². The largest absolute Gasteiger partial charge is 0.481 e. The third-order valence-corrected chi connectivity index (χ3v) is 4.96. The predicted octanol–water partition coefficient (Wildman–Crippen LogP) is 2.86. The third-order valence-electron chi connectivity index (χ3n) is 4.96. The van der Waals surface area contributed by atoms with Gasteiger partial charge in [0.15, 0.2) is 0 Å². The van der Waals surface area contributed by atoms with Gasteiger partial charge in [0.05, 0.1) is 17.9 Å². The second-order valence-electron chi connectivity index (χ2n) is 7.04. The molecular weight excluding hydrogens is 278 g/mol. The maximum absolute atomic E-state index is 11.4. The SMILES string of the molecule is C[C@H](CN)C[C@@H](Cc1cn([C@H]2CC[C@H](C)CC2)cn1)C(=O)O. The first-order chi connectivity index (χ1) is 10.5. The van der Waals surface area contributed by atoms with E-state index >= 15 is 0 Å². The fourth-order valence-corrected chi connectivity index (χ4v) is 3.33. The van der Waals surface area contributed by atoms with E-state index in [0.29, 0.717) is 25.4 Å². The van der Waals surface area contributed by atoms with Gasteiger partial charge in [-0.25, -0.2) is 4.98 Å². The van der Waals surface area contributed by atoms with Gasteiger partial charge in [0, 0.05) is 18.7 Å². The maximum atomic E-state index is 11.4. The molecule has 1 aliphatic rings. The van der Waals surface area contributed by atoms with Gasteiger partial charge in [0.1, 0.15) is 0 Å². The van der Waals surface area contributed by atoms with Crippen LogP contribution in [-0.4, -0.2) is 27.2 Å². The molecule has 0 spiro atoms. The number of aromatic nitrogens is 2. The van der Waals surface area contributed by atoms with Crippen molar-refractivity contribution in [2.24, 2.45) is 23.5 Å². The highest BCUT2D eigenvalue weighted by Crippen LogP contribution is 2.32. The van der Waals surface area contributed by atoms with Crippen molar-refractivity contribution >= 4 is 5.97 Å². The summed E-state index contributed by atoms with van der Waals surface area (Å²) in [6.45, 7) is 4.84. The van der Waals surface area contributed by atoms with Crippen molar-refractivity contribution in [3.05, 3.63) is 18.2 Å². The number of aliphatic carboxylic acids is 1. The summed E-state index contributed by atoms with van der Waals surface area (Å²) in [6.07, 6.45) is 9.96. The summed E-state index contributed by atoms with van der Waals surface area (Å²) >= 11 is 0. The van der Waals surface area contributed by atoms with Crippen molar-refractivity contribution in [3.8, 4) is 0 Å². The van der Waals surface area contributed by atoms with Crippen LogP contribution in [0.2, 0.25) is 0 Å². The average molecular weight is 307 g/mol. The van der Waals surface area contributed by atoms with Gasteiger partial charge in [-0.05, 0) is 50.5 Å². The van der Waals surface area contributed by atoms with E-state index in [4.69, 9.17) is 5.73 Å². The van der Waals surface area contributed by atoms with E-state index in [2.05, 4.69) is 16.5 Å². The molecule has 0 unspecified atom stereocenters. The molecule has 1 saturated carbocycles. The summed E-state index contributed by atoms with van der Waals surface area (Å²) in [7, 11) is 0. The average Bonchev–Trinajstić information content (AvgIpc) is 2.95. The highest BCUT2D eigenvalue weighted by Gasteiger charge is 2.23. The number of nitrogens with two attached hydrogens (primary N) is 1. The zero-order chi connectivity index (χ0) is 16.1. The standard InChI is InChI=1S/C17H29N3O2/c1-12-3-5-16(6-4-12)20-10-15(19-11-20)8-14(17(21)22)7-13(2)9-18/h10-14,16H,3-9,18H2,1-2H3,(H,21,22)/t12-,13-,14-,16-/m0/s1. The molecular formula is C17H29N3O2. The Morgan fingerprint density at radius 2 is 2.14 bits per heavy atom. The summed E-state index contributed by atoms with van der Waals surface area (Å²) in [4.78, 5) is 15.9. The minimum absolute atomic E-state index is 0.225. The molecule has 5 nitrogen and oxygen atoms in total. The molecule has 1 aromatic heterocycles. The fourth-order valence-electron chi connectivity index (χ4n) is 3.33. The van der Waals surface area contributed by atoms with Gasteiger partial charge in [-0.2, -0.15) is 0 Å². The van der Waals surface area contributed by atoms with Crippen LogP contribution in [0.25, 0.3) is 0 Å². The molecule has 5 heteroatoms. The van der Waals surface area contributed by atoms with Crippen molar-refractivity contribution in [3.63, 3.8) is 0 Å². The Hall–Kier alpha value is -1.36. The lowest BCUT2D eigenvalue weighted by Crippen LogP contribution is -2.23. The molecule has 1 aliphatic carbocycles. The Morgan fingerprint density at radius 1 is 1.45 bits per heavy atom. The van der Waals surface area contributed by atoms with Crippen molar-refractivity contribution < 1.29 is 9.90 Å². The summed E-state index contributed by atoms with van der Waals surface area (Å²) in [5.74, 6) is -0.0916. The Labute approximate surface area is 132 Å². The second kappa shape index (κ2) is 7.77. The maximum Gasteiger partial charge on any atom is 0.306 e. The van der Waals surface area contributed by atoms with Gasteiger partial charge in [-0.3, -0.25) is 4.79 Å². The smallest absolute Gasteiger partial charge is 0.306 e. The Morgan fingerprint density at radius 3 is 2.73 bits per heavy atom. The molecule has 0 bridgehead atoms.